The molecular formula is C7H7NO4S. The van der Waals surface area contributed by atoms with Gasteiger partial charge in [-0.2, -0.15) is 0 Å². The number of carbonyl (C=O) groups excluding carboxylic acids is 1. The summed E-state index contributed by atoms with van der Waals surface area (Å²) in [7, 11) is 1.28. The van der Waals surface area contributed by atoms with Gasteiger partial charge in [0, 0.05) is 11.4 Å². The number of rotatable bonds is 3. The van der Waals surface area contributed by atoms with Gasteiger partial charge in [0.25, 0.3) is 0 Å². The van der Waals surface area contributed by atoms with E-state index < -0.39 is 10.9 Å². The summed E-state index contributed by atoms with van der Waals surface area (Å²) >= 11 is 1.00. The van der Waals surface area contributed by atoms with E-state index in [1.165, 1.54) is 13.2 Å². The molecule has 0 saturated heterocycles. The molecule has 0 saturated carbocycles. The highest BCUT2D eigenvalue weighted by atomic mass is 32.1. The van der Waals surface area contributed by atoms with Crippen molar-refractivity contribution in [2.75, 3.05) is 7.11 Å². The summed E-state index contributed by atoms with van der Waals surface area (Å²) in [5.74, 6) is -0.396. The largest absolute Gasteiger partial charge is 0.469 e. The fourth-order valence-electron chi connectivity index (χ4n) is 0.790. The molecule has 0 aromatic carbocycles. The van der Waals surface area contributed by atoms with Crippen molar-refractivity contribution < 1.29 is 14.5 Å². The van der Waals surface area contributed by atoms with E-state index in [4.69, 9.17) is 0 Å². The summed E-state index contributed by atoms with van der Waals surface area (Å²) in [5, 5.41) is 11.9. The van der Waals surface area contributed by atoms with Crippen LogP contribution >= 0.6 is 11.3 Å². The van der Waals surface area contributed by atoms with Crippen LogP contribution in [0.4, 0.5) is 5.00 Å². The summed E-state index contributed by atoms with van der Waals surface area (Å²) in [4.78, 5) is 20.6. The van der Waals surface area contributed by atoms with E-state index in [9.17, 15) is 14.9 Å². The number of hydrogen-bond acceptors (Lipinski definition) is 5. The molecule has 0 bridgehead atoms. The second-order valence-corrected chi connectivity index (χ2v) is 3.19. The number of ether oxygens (including phenoxy) is 1. The van der Waals surface area contributed by atoms with Crippen molar-refractivity contribution in [2.24, 2.45) is 0 Å². The van der Waals surface area contributed by atoms with Crippen molar-refractivity contribution in [1.82, 2.24) is 0 Å². The Morgan fingerprint density at radius 2 is 2.46 bits per heavy atom. The van der Waals surface area contributed by atoms with Crippen LogP contribution in [0.15, 0.2) is 11.4 Å². The predicted molar refractivity (Wildman–Crippen MR) is 46.7 cm³/mol. The molecule has 1 rings (SSSR count). The maximum Gasteiger partial charge on any atom is 0.324 e. The van der Waals surface area contributed by atoms with E-state index in [1.54, 1.807) is 5.38 Å². The van der Waals surface area contributed by atoms with E-state index in [0.29, 0.717) is 5.56 Å². The lowest BCUT2D eigenvalue weighted by atomic mass is 10.2. The molecule has 1 aromatic rings. The summed E-state index contributed by atoms with van der Waals surface area (Å²) in [6.45, 7) is 0. The first-order valence-electron chi connectivity index (χ1n) is 3.42. The number of esters is 1. The third-order valence-corrected chi connectivity index (χ3v) is 2.33. The summed E-state index contributed by atoms with van der Waals surface area (Å²) in [5.41, 5.74) is 0.614. The first kappa shape index (κ1) is 9.66. The number of methoxy groups -OCH3 is 1. The van der Waals surface area contributed by atoms with Gasteiger partial charge < -0.3 is 4.74 Å². The molecule has 5 nitrogen and oxygen atoms in total. The Morgan fingerprint density at radius 3 is 2.92 bits per heavy atom. The van der Waals surface area contributed by atoms with Crippen LogP contribution in [0.3, 0.4) is 0 Å². The highest BCUT2D eigenvalue weighted by molar-refractivity contribution is 7.13. The smallest absolute Gasteiger partial charge is 0.324 e. The highest BCUT2D eigenvalue weighted by Gasteiger charge is 2.11. The van der Waals surface area contributed by atoms with Crippen LogP contribution in [0.25, 0.3) is 0 Å². The molecule has 0 atom stereocenters. The fourth-order valence-corrected chi connectivity index (χ4v) is 1.52. The number of nitro groups is 1. The topological polar surface area (TPSA) is 69.4 Å². The van der Waals surface area contributed by atoms with Crippen LogP contribution in [0.5, 0.6) is 0 Å². The fraction of sp³-hybridized carbons (Fsp3) is 0.286. The third kappa shape index (κ3) is 2.51. The van der Waals surface area contributed by atoms with Crippen molar-refractivity contribution in [1.29, 1.82) is 0 Å². The average molecular weight is 201 g/mol. The van der Waals surface area contributed by atoms with Crippen LogP contribution in [-0.4, -0.2) is 18.0 Å². The van der Waals surface area contributed by atoms with Crippen LogP contribution in [0, 0.1) is 10.1 Å². The first-order chi connectivity index (χ1) is 6.13. The Hall–Kier alpha value is -1.43. The molecular weight excluding hydrogens is 194 g/mol. The number of hydrogen-bond donors (Lipinski definition) is 0. The standard InChI is InChI=1S/C7H7NO4S/c1-12-7(9)3-5-2-6(8(10)11)13-4-5/h2,4H,3H2,1H3. The van der Waals surface area contributed by atoms with Gasteiger partial charge >= 0.3 is 11.0 Å². The van der Waals surface area contributed by atoms with E-state index in [1.807, 2.05) is 0 Å². The molecule has 70 valence electrons. The molecule has 0 fully saturated rings. The quantitative estimate of drug-likeness (QED) is 0.420. The lowest BCUT2D eigenvalue weighted by molar-refractivity contribution is -0.380. The second-order valence-electron chi connectivity index (χ2n) is 2.30. The van der Waals surface area contributed by atoms with Gasteiger partial charge in [0.1, 0.15) is 0 Å². The van der Waals surface area contributed by atoms with Crippen molar-refractivity contribution in [3.8, 4) is 0 Å². The SMILES string of the molecule is COC(=O)Cc1csc([N+](=O)[O-])c1. The molecule has 0 radical (unpaired) electrons. The van der Waals surface area contributed by atoms with Gasteiger partial charge in [0.2, 0.25) is 0 Å². The molecule has 0 N–H and O–H groups in total. The summed E-state index contributed by atoms with van der Waals surface area (Å²) < 4.78 is 4.42. The minimum Gasteiger partial charge on any atom is -0.469 e. The van der Waals surface area contributed by atoms with Gasteiger partial charge in [0.05, 0.1) is 18.5 Å². The molecule has 0 aliphatic rings. The molecule has 1 aromatic heterocycles. The van der Waals surface area contributed by atoms with Gasteiger partial charge in [-0.15, -0.1) is 0 Å². The maximum atomic E-state index is 10.8. The predicted octanol–water partition coefficient (Wildman–Crippen LogP) is 1.37. The van der Waals surface area contributed by atoms with Crippen LogP contribution in [0.1, 0.15) is 5.56 Å². The average Bonchev–Trinajstić information content (AvgIpc) is 2.52. The maximum absolute atomic E-state index is 10.8. The van der Waals surface area contributed by atoms with Crippen LogP contribution in [0.2, 0.25) is 0 Å². The second kappa shape index (κ2) is 3.99. The zero-order chi connectivity index (χ0) is 9.84. The molecule has 0 unspecified atom stereocenters. The zero-order valence-electron chi connectivity index (χ0n) is 6.85. The van der Waals surface area contributed by atoms with E-state index in [2.05, 4.69) is 4.74 Å². The zero-order valence-corrected chi connectivity index (χ0v) is 7.67. The molecule has 0 aliphatic heterocycles. The summed E-state index contributed by atoms with van der Waals surface area (Å²) in [6.07, 6.45) is 0.0842. The molecule has 1 heterocycles. The van der Waals surface area contributed by atoms with Gasteiger partial charge in [-0.25, -0.2) is 0 Å². The molecule has 13 heavy (non-hydrogen) atoms. The number of nitrogens with zero attached hydrogens (tertiary/aromatic N) is 1. The van der Waals surface area contributed by atoms with Gasteiger partial charge in [-0.1, -0.05) is 11.3 Å². The van der Waals surface area contributed by atoms with Gasteiger partial charge in [-0.3, -0.25) is 14.9 Å². The van der Waals surface area contributed by atoms with Crippen molar-refractivity contribution in [3.05, 3.63) is 27.1 Å². The lowest BCUT2D eigenvalue weighted by Crippen LogP contribution is -2.03. The van der Waals surface area contributed by atoms with E-state index in [-0.39, 0.29) is 11.4 Å². The van der Waals surface area contributed by atoms with E-state index >= 15 is 0 Å². The van der Waals surface area contributed by atoms with Crippen LogP contribution < -0.4 is 0 Å². The molecule has 0 spiro atoms. The Bertz CT molecular complexity index is 333. The number of carbonyl (C=O) groups is 1. The van der Waals surface area contributed by atoms with Crippen molar-refractivity contribution in [3.63, 3.8) is 0 Å². The minimum absolute atomic E-state index is 0.0407. The molecule has 6 heteroatoms. The lowest BCUT2D eigenvalue weighted by Gasteiger charge is -1.93. The first-order valence-corrected chi connectivity index (χ1v) is 4.30. The monoisotopic (exact) mass is 201 g/mol. The van der Waals surface area contributed by atoms with Crippen molar-refractivity contribution in [2.45, 2.75) is 6.42 Å². The Labute approximate surface area is 78.1 Å². The van der Waals surface area contributed by atoms with Gasteiger partial charge in [0.15, 0.2) is 0 Å². The Balaban J connectivity index is 2.69. The highest BCUT2D eigenvalue weighted by Crippen LogP contribution is 2.22. The normalized spacial score (nSPS) is 9.62. The minimum atomic E-state index is -0.481. The molecule has 0 aliphatic carbocycles. The van der Waals surface area contributed by atoms with Crippen LogP contribution in [-0.2, 0) is 16.0 Å². The molecule has 0 amide bonds. The summed E-state index contributed by atoms with van der Waals surface area (Å²) in [6, 6.07) is 1.38. The van der Waals surface area contributed by atoms with E-state index in [0.717, 1.165) is 11.3 Å². The Kier molecular flexibility index (Phi) is 2.97. The van der Waals surface area contributed by atoms with Gasteiger partial charge in [-0.05, 0) is 5.56 Å². The number of thiophene rings is 1. The van der Waals surface area contributed by atoms with Crippen molar-refractivity contribution >= 4 is 22.3 Å². The Morgan fingerprint density at radius 1 is 1.77 bits per heavy atom. The third-order valence-electron chi connectivity index (χ3n) is 1.40.